The van der Waals surface area contributed by atoms with E-state index in [9.17, 15) is 36.8 Å². The van der Waals surface area contributed by atoms with E-state index >= 15 is 0 Å². The van der Waals surface area contributed by atoms with Crippen LogP contribution in [0, 0.1) is 10.1 Å². The second kappa shape index (κ2) is 5.18. The smallest absolute Gasteiger partial charge is 0.384 e. The van der Waals surface area contributed by atoms with Gasteiger partial charge in [0, 0.05) is 11.5 Å². The molecule has 1 heterocycles. The van der Waals surface area contributed by atoms with E-state index in [-0.39, 0.29) is 11.1 Å². The van der Waals surface area contributed by atoms with E-state index in [1.165, 1.54) is 13.8 Å². The van der Waals surface area contributed by atoms with Crippen molar-refractivity contribution in [2.24, 2.45) is 0 Å². The maximum absolute atomic E-state index is 13.1. The molecule has 0 fully saturated rings. The summed E-state index contributed by atoms with van der Waals surface area (Å²) >= 11 is 0. The number of alkyl halides is 3. The summed E-state index contributed by atoms with van der Waals surface area (Å²) < 4.78 is 63.8. The lowest BCUT2D eigenvalue weighted by atomic mass is 10.1. The van der Waals surface area contributed by atoms with E-state index in [0.717, 1.165) is 12.3 Å². The molecule has 0 saturated heterocycles. The SMILES string of the molecule is CC(C)(O)c1cc2cc([N+](=O)[O-])c(C(F)(F)F)cc2n1S(C)(=O)=O. The van der Waals surface area contributed by atoms with Gasteiger partial charge in [-0.1, -0.05) is 0 Å². The largest absolute Gasteiger partial charge is 0.423 e. The highest BCUT2D eigenvalue weighted by Gasteiger charge is 2.40. The number of nitro groups is 1. The van der Waals surface area contributed by atoms with Crippen LogP contribution in [-0.4, -0.2) is 28.7 Å². The third-order valence-electron chi connectivity index (χ3n) is 3.34. The Balaban J connectivity index is 3.05. The fraction of sp³-hybridized carbons (Fsp3) is 0.385. The maximum Gasteiger partial charge on any atom is 0.423 e. The molecule has 0 aliphatic heterocycles. The van der Waals surface area contributed by atoms with Crippen LogP contribution >= 0.6 is 0 Å². The van der Waals surface area contributed by atoms with Crippen LogP contribution in [0.5, 0.6) is 0 Å². The van der Waals surface area contributed by atoms with Gasteiger partial charge in [0.25, 0.3) is 5.69 Å². The highest BCUT2D eigenvalue weighted by Crippen LogP contribution is 2.40. The third kappa shape index (κ3) is 3.08. The number of fused-ring (bicyclic) bond motifs is 1. The van der Waals surface area contributed by atoms with Gasteiger partial charge in [0.1, 0.15) is 11.2 Å². The second-order valence-electron chi connectivity index (χ2n) is 5.80. The summed E-state index contributed by atoms with van der Waals surface area (Å²) in [6.45, 7) is 2.50. The number of hydrogen-bond donors (Lipinski definition) is 1. The summed E-state index contributed by atoms with van der Waals surface area (Å²) in [5.41, 5.74) is -5.05. The topological polar surface area (TPSA) is 102 Å². The minimum absolute atomic E-state index is 0.0998. The van der Waals surface area contributed by atoms with Gasteiger partial charge in [0.15, 0.2) is 0 Å². The van der Waals surface area contributed by atoms with Gasteiger partial charge in [-0.2, -0.15) is 13.2 Å². The molecule has 2 aromatic rings. The number of nitro benzene ring substituents is 1. The predicted molar refractivity (Wildman–Crippen MR) is 79.1 cm³/mol. The second-order valence-corrected chi connectivity index (χ2v) is 7.63. The molecule has 2 rings (SSSR count). The molecule has 0 radical (unpaired) electrons. The van der Waals surface area contributed by atoms with Crippen molar-refractivity contribution in [3.63, 3.8) is 0 Å². The molecule has 0 bridgehead atoms. The average Bonchev–Trinajstić information content (AvgIpc) is 2.73. The van der Waals surface area contributed by atoms with E-state index in [2.05, 4.69) is 0 Å². The molecule has 0 aliphatic carbocycles. The molecule has 7 nitrogen and oxygen atoms in total. The molecule has 0 saturated carbocycles. The molecule has 24 heavy (non-hydrogen) atoms. The van der Waals surface area contributed by atoms with Crippen molar-refractivity contribution < 1.29 is 31.6 Å². The van der Waals surface area contributed by atoms with Crippen molar-refractivity contribution in [2.75, 3.05) is 6.26 Å². The van der Waals surface area contributed by atoms with Crippen molar-refractivity contribution in [1.82, 2.24) is 3.97 Å². The summed E-state index contributed by atoms with van der Waals surface area (Å²) in [6, 6.07) is 2.17. The number of aromatic nitrogens is 1. The molecule has 0 aliphatic rings. The Labute approximate surface area is 134 Å². The number of hydrogen-bond acceptors (Lipinski definition) is 5. The first-order chi connectivity index (χ1) is 10.6. The van der Waals surface area contributed by atoms with Gasteiger partial charge in [-0.3, -0.25) is 10.1 Å². The van der Waals surface area contributed by atoms with Crippen LogP contribution in [-0.2, 0) is 21.8 Å². The number of rotatable bonds is 3. The normalized spacial score (nSPS) is 13.5. The molecule has 1 aromatic heterocycles. The Morgan fingerprint density at radius 3 is 2.12 bits per heavy atom. The van der Waals surface area contributed by atoms with Gasteiger partial charge in [0.05, 0.1) is 22.4 Å². The molecule has 0 unspecified atom stereocenters. The van der Waals surface area contributed by atoms with Crippen molar-refractivity contribution in [2.45, 2.75) is 25.6 Å². The number of aliphatic hydroxyl groups is 1. The first-order valence-electron chi connectivity index (χ1n) is 6.48. The van der Waals surface area contributed by atoms with E-state index in [4.69, 9.17) is 0 Å². The van der Waals surface area contributed by atoms with Crippen LogP contribution in [0.1, 0.15) is 25.1 Å². The van der Waals surface area contributed by atoms with Gasteiger partial charge in [-0.25, -0.2) is 12.4 Å². The lowest BCUT2D eigenvalue weighted by molar-refractivity contribution is -0.387. The van der Waals surface area contributed by atoms with E-state index in [1.54, 1.807) is 0 Å². The summed E-state index contributed by atoms with van der Waals surface area (Å²) in [5.74, 6) is 0. The first kappa shape index (κ1) is 18.2. The predicted octanol–water partition coefficient (Wildman–Crippen LogP) is 2.60. The number of halogens is 3. The molecule has 1 aromatic carbocycles. The van der Waals surface area contributed by atoms with Crippen molar-refractivity contribution in [1.29, 1.82) is 0 Å². The van der Waals surface area contributed by atoms with Gasteiger partial charge < -0.3 is 5.11 Å². The molecule has 0 atom stereocenters. The van der Waals surface area contributed by atoms with Gasteiger partial charge in [0.2, 0.25) is 10.0 Å². The molecular weight excluding hydrogens is 353 g/mol. The zero-order valence-electron chi connectivity index (χ0n) is 12.7. The Morgan fingerprint density at radius 2 is 1.75 bits per heavy atom. The average molecular weight is 366 g/mol. The highest BCUT2D eigenvalue weighted by atomic mass is 32.2. The molecule has 11 heteroatoms. The van der Waals surface area contributed by atoms with Crippen LogP contribution in [0.2, 0.25) is 0 Å². The van der Waals surface area contributed by atoms with Crippen molar-refractivity contribution >= 4 is 26.6 Å². The van der Waals surface area contributed by atoms with Crippen LogP contribution in [0.3, 0.4) is 0 Å². The van der Waals surface area contributed by atoms with Crippen molar-refractivity contribution in [3.05, 3.63) is 39.6 Å². The fourth-order valence-electron chi connectivity index (χ4n) is 2.38. The molecule has 0 spiro atoms. The lowest BCUT2D eigenvalue weighted by Gasteiger charge is -2.19. The zero-order valence-corrected chi connectivity index (χ0v) is 13.6. The first-order valence-corrected chi connectivity index (χ1v) is 8.33. The molecule has 0 amide bonds. The minimum atomic E-state index is -5.04. The van der Waals surface area contributed by atoms with Crippen LogP contribution in [0.25, 0.3) is 10.9 Å². The van der Waals surface area contributed by atoms with Gasteiger partial charge in [-0.15, -0.1) is 0 Å². The van der Waals surface area contributed by atoms with Gasteiger partial charge in [-0.05, 0) is 26.0 Å². The molecular formula is C13H13F3N2O5S. The quantitative estimate of drug-likeness (QED) is 0.664. The van der Waals surface area contributed by atoms with Crippen molar-refractivity contribution in [3.8, 4) is 0 Å². The lowest BCUT2D eigenvalue weighted by Crippen LogP contribution is -2.24. The summed E-state index contributed by atoms with van der Waals surface area (Å²) in [4.78, 5) is 9.74. The fourth-order valence-corrected chi connectivity index (χ4v) is 3.53. The van der Waals surface area contributed by atoms with Crippen LogP contribution in [0.15, 0.2) is 18.2 Å². The summed E-state index contributed by atoms with van der Waals surface area (Å²) in [6.07, 6.45) is -4.28. The summed E-state index contributed by atoms with van der Waals surface area (Å²) in [5, 5.41) is 20.9. The van der Waals surface area contributed by atoms with E-state index < -0.39 is 43.5 Å². The summed E-state index contributed by atoms with van der Waals surface area (Å²) in [7, 11) is -4.08. The van der Waals surface area contributed by atoms with E-state index in [0.29, 0.717) is 16.1 Å². The number of benzene rings is 1. The number of nitrogens with zero attached hydrogens (tertiary/aromatic N) is 2. The van der Waals surface area contributed by atoms with Crippen LogP contribution in [0.4, 0.5) is 18.9 Å². The Morgan fingerprint density at radius 1 is 1.21 bits per heavy atom. The zero-order chi connectivity index (χ0) is 18.7. The van der Waals surface area contributed by atoms with Gasteiger partial charge >= 0.3 is 6.18 Å². The standard InChI is InChI=1S/C13H13F3N2O5S/c1-12(2,19)11-5-7-4-10(18(20)21)8(13(14,15)16)6-9(7)17(11)24(3,22)23/h4-6,19H,1-3H3. The molecule has 1 N–H and O–H groups in total. The Bertz CT molecular complexity index is 939. The Hall–Kier alpha value is -2.14. The monoisotopic (exact) mass is 366 g/mol. The minimum Gasteiger partial charge on any atom is -0.384 e. The highest BCUT2D eigenvalue weighted by molar-refractivity contribution is 7.89. The third-order valence-corrected chi connectivity index (χ3v) is 4.39. The molecule has 132 valence electrons. The Kier molecular flexibility index (Phi) is 3.93. The maximum atomic E-state index is 13.1. The van der Waals surface area contributed by atoms with E-state index in [1.807, 2.05) is 0 Å². The van der Waals surface area contributed by atoms with Crippen LogP contribution < -0.4 is 0 Å².